The highest BCUT2D eigenvalue weighted by Gasteiger charge is 2.32. The van der Waals surface area contributed by atoms with E-state index in [0.717, 1.165) is 0 Å². The van der Waals surface area contributed by atoms with Gasteiger partial charge in [-0.05, 0) is 24.7 Å². The number of primary amides is 1. The predicted molar refractivity (Wildman–Crippen MR) is 63.5 cm³/mol. The zero-order valence-electron chi connectivity index (χ0n) is 10.1. The summed E-state index contributed by atoms with van der Waals surface area (Å²) in [6.07, 6.45) is 12.0. The summed E-state index contributed by atoms with van der Waals surface area (Å²) in [4.78, 5) is 11.1. The standard InChI is InChI=1S/C13H25NO/c1-2-3-5-8-13(11-12(14)15)9-6-4-7-10-13/h2-11H2,1H3,(H2,14,15). The van der Waals surface area contributed by atoms with Crippen LogP contribution in [-0.4, -0.2) is 5.91 Å². The van der Waals surface area contributed by atoms with Crippen LogP contribution in [0.15, 0.2) is 0 Å². The van der Waals surface area contributed by atoms with E-state index in [1.165, 1.54) is 57.8 Å². The Morgan fingerprint density at radius 2 is 1.87 bits per heavy atom. The molecule has 2 nitrogen and oxygen atoms in total. The molecule has 0 spiro atoms. The molecule has 1 rings (SSSR count). The summed E-state index contributed by atoms with van der Waals surface area (Å²) in [7, 11) is 0. The molecule has 2 heteroatoms. The molecule has 1 amide bonds. The van der Waals surface area contributed by atoms with E-state index in [-0.39, 0.29) is 11.3 Å². The smallest absolute Gasteiger partial charge is 0.217 e. The molecule has 1 aliphatic rings. The second-order valence-electron chi connectivity index (χ2n) is 5.16. The van der Waals surface area contributed by atoms with E-state index in [1.54, 1.807) is 0 Å². The number of nitrogens with two attached hydrogens (primary N) is 1. The summed E-state index contributed by atoms with van der Waals surface area (Å²) in [5.74, 6) is -0.103. The van der Waals surface area contributed by atoms with Gasteiger partial charge >= 0.3 is 0 Å². The molecule has 0 aromatic rings. The zero-order valence-corrected chi connectivity index (χ0v) is 10.1. The molecule has 88 valence electrons. The molecule has 0 atom stereocenters. The third kappa shape index (κ3) is 4.23. The van der Waals surface area contributed by atoms with Crippen molar-refractivity contribution < 1.29 is 4.79 Å². The van der Waals surface area contributed by atoms with Gasteiger partial charge in [-0.25, -0.2) is 0 Å². The molecule has 0 saturated heterocycles. The third-order valence-corrected chi connectivity index (χ3v) is 3.77. The molecule has 0 aromatic carbocycles. The maximum absolute atomic E-state index is 11.1. The fourth-order valence-electron chi connectivity index (χ4n) is 2.94. The molecule has 0 bridgehead atoms. The normalized spacial score (nSPS) is 20.1. The summed E-state index contributed by atoms with van der Waals surface area (Å²) < 4.78 is 0. The molecular weight excluding hydrogens is 186 g/mol. The lowest BCUT2D eigenvalue weighted by atomic mass is 9.68. The maximum atomic E-state index is 11.1. The van der Waals surface area contributed by atoms with Gasteiger partial charge in [0.05, 0.1) is 0 Å². The molecule has 1 fully saturated rings. The van der Waals surface area contributed by atoms with Crippen LogP contribution in [0, 0.1) is 5.41 Å². The lowest BCUT2D eigenvalue weighted by Crippen LogP contribution is -2.30. The molecule has 1 saturated carbocycles. The minimum Gasteiger partial charge on any atom is -0.370 e. The molecule has 2 N–H and O–H groups in total. The first kappa shape index (κ1) is 12.5. The molecule has 0 aliphatic heterocycles. The van der Waals surface area contributed by atoms with Crippen molar-refractivity contribution in [1.29, 1.82) is 0 Å². The quantitative estimate of drug-likeness (QED) is 0.672. The van der Waals surface area contributed by atoms with Gasteiger partial charge in [0.25, 0.3) is 0 Å². The topological polar surface area (TPSA) is 43.1 Å². The van der Waals surface area contributed by atoms with Crippen molar-refractivity contribution in [2.75, 3.05) is 0 Å². The summed E-state index contributed by atoms with van der Waals surface area (Å²) in [5.41, 5.74) is 5.65. The highest BCUT2D eigenvalue weighted by atomic mass is 16.1. The van der Waals surface area contributed by atoms with Crippen molar-refractivity contribution in [2.45, 2.75) is 71.1 Å². The van der Waals surface area contributed by atoms with Gasteiger partial charge in [0, 0.05) is 6.42 Å². The van der Waals surface area contributed by atoms with E-state index in [1.807, 2.05) is 0 Å². The Hall–Kier alpha value is -0.530. The number of carbonyl (C=O) groups excluding carboxylic acids is 1. The monoisotopic (exact) mass is 211 g/mol. The van der Waals surface area contributed by atoms with Crippen LogP contribution < -0.4 is 5.73 Å². The summed E-state index contributed by atoms with van der Waals surface area (Å²) in [6, 6.07) is 0. The maximum Gasteiger partial charge on any atom is 0.217 e. The first-order valence-electron chi connectivity index (χ1n) is 6.47. The average molecular weight is 211 g/mol. The third-order valence-electron chi connectivity index (χ3n) is 3.77. The Balaban J connectivity index is 2.46. The van der Waals surface area contributed by atoms with Crippen LogP contribution >= 0.6 is 0 Å². The van der Waals surface area contributed by atoms with Crippen LogP contribution in [0.1, 0.15) is 71.1 Å². The Labute approximate surface area is 93.6 Å². The first-order valence-corrected chi connectivity index (χ1v) is 6.47. The minimum absolute atomic E-state index is 0.103. The van der Waals surface area contributed by atoms with Gasteiger partial charge in [-0.15, -0.1) is 0 Å². The van der Waals surface area contributed by atoms with Crippen LogP contribution in [0.5, 0.6) is 0 Å². The highest BCUT2D eigenvalue weighted by Crippen LogP contribution is 2.43. The first-order chi connectivity index (χ1) is 7.18. The number of hydrogen-bond acceptors (Lipinski definition) is 1. The van der Waals surface area contributed by atoms with Crippen molar-refractivity contribution in [3.8, 4) is 0 Å². The van der Waals surface area contributed by atoms with Crippen molar-refractivity contribution in [2.24, 2.45) is 11.1 Å². The summed E-state index contributed by atoms with van der Waals surface area (Å²) in [5, 5.41) is 0. The van der Waals surface area contributed by atoms with E-state index >= 15 is 0 Å². The fraction of sp³-hybridized carbons (Fsp3) is 0.923. The number of unbranched alkanes of at least 4 members (excludes halogenated alkanes) is 2. The molecule has 0 unspecified atom stereocenters. The molecule has 0 aromatic heterocycles. The highest BCUT2D eigenvalue weighted by molar-refractivity contribution is 5.74. The molecule has 0 heterocycles. The largest absolute Gasteiger partial charge is 0.370 e. The SMILES string of the molecule is CCCCCC1(CC(N)=O)CCCCC1. The van der Waals surface area contributed by atoms with Gasteiger partial charge in [-0.2, -0.15) is 0 Å². The van der Waals surface area contributed by atoms with Gasteiger partial charge in [0.2, 0.25) is 5.91 Å². The van der Waals surface area contributed by atoms with E-state index < -0.39 is 0 Å². The van der Waals surface area contributed by atoms with Gasteiger partial charge in [0.1, 0.15) is 0 Å². The van der Waals surface area contributed by atoms with Gasteiger partial charge in [0.15, 0.2) is 0 Å². The average Bonchev–Trinajstić information content (AvgIpc) is 2.18. The number of carbonyl (C=O) groups is 1. The van der Waals surface area contributed by atoms with Gasteiger partial charge in [-0.1, -0.05) is 45.4 Å². The van der Waals surface area contributed by atoms with Crippen LogP contribution in [0.4, 0.5) is 0 Å². The second-order valence-corrected chi connectivity index (χ2v) is 5.16. The van der Waals surface area contributed by atoms with E-state index in [4.69, 9.17) is 5.73 Å². The van der Waals surface area contributed by atoms with Crippen LogP contribution in [-0.2, 0) is 4.79 Å². The van der Waals surface area contributed by atoms with E-state index in [0.29, 0.717) is 6.42 Å². The van der Waals surface area contributed by atoms with E-state index in [2.05, 4.69) is 6.92 Å². The molecule has 1 aliphatic carbocycles. The molecule has 0 radical (unpaired) electrons. The van der Waals surface area contributed by atoms with Gasteiger partial charge in [-0.3, -0.25) is 4.79 Å². The molecular formula is C13H25NO. The zero-order chi connectivity index (χ0) is 11.1. The number of amides is 1. The Kier molecular flexibility index (Phi) is 5.13. The van der Waals surface area contributed by atoms with Crippen LogP contribution in [0.25, 0.3) is 0 Å². The van der Waals surface area contributed by atoms with Crippen LogP contribution in [0.3, 0.4) is 0 Å². The fourth-order valence-corrected chi connectivity index (χ4v) is 2.94. The molecule has 15 heavy (non-hydrogen) atoms. The lowest BCUT2D eigenvalue weighted by Gasteiger charge is -2.36. The number of hydrogen-bond donors (Lipinski definition) is 1. The second kappa shape index (κ2) is 6.14. The van der Waals surface area contributed by atoms with Crippen LogP contribution in [0.2, 0.25) is 0 Å². The lowest BCUT2D eigenvalue weighted by molar-refractivity contribution is -0.121. The number of rotatable bonds is 6. The van der Waals surface area contributed by atoms with Gasteiger partial charge < -0.3 is 5.73 Å². The Morgan fingerprint density at radius 1 is 1.20 bits per heavy atom. The minimum atomic E-state index is -0.103. The predicted octanol–water partition coefficient (Wildman–Crippen LogP) is 3.39. The van der Waals surface area contributed by atoms with Crippen molar-refractivity contribution >= 4 is 5.91 Å². The van der Waals surface area contributed by atoms with Crippen molar-refractivity contribution in [3.05, 3.63) is 0 Å². The summed E-state index contributed by atoms with van der Waals surface area (Å²) >= 11 is 0. The Morgan fingerprint density at radius 3 is 2.40 bits per heavy atom. The van der Waals surface area contributed by atoms with Crippen molar-refractivity contribution in [3.63, 3.8) is 0 Å². The summed E-state index contributed by atoms with van der Waals surface area (Å²) in [6.45, 7) is 2.22. The Bertz CT molecular complexity index is 195. The van der Waals surface area contributed by atoms with E-state index in [9.17, 15) is 4.79 Å². The van der Waals surface area contributed by atoms with Crippen molar-refractivity contribution in [1.82, 2.24) is 0 Å².